The fourth-order valence-electron chi connectivity index (χ4n) is 12.3. The Bertz CT molecular complexity index is 4090. The van der Waals surface area contributed by atoms with Crippen LogP contribution >= 0.6 is 0 Å². The molecular formula is C63H40N2. The van der Waals surface area contributed by atoms with Crippen LogP contribution in [0.2, 0.25) is 0 Å². The third-order valence-corrected chi connectivity index (χ3v) is 15.2. The smallest absolute Gasteiger partial charge is 0.0544 e. The van der Waals surface area contributed by atoms with Gasteiger partial charge in [0, 0.05) is 38.3 Å². The molecule has 0 N–H and O–H groups in total. The van der Waals surface area contributed by atoms with Gasteiger partial charge in [0.25, 0.3) is 0 Å². The van der Waals surface area contributed by atoms with Crippen LogP contribution in [0.3, 0.4) is 0 Å². The van der Waals surface area contributed by atoms with E-state index in [9.17, 15) is 0 Å². The summed E-state index contributed by atoms with van der Waals surface area (Å²) >= 11 is 0. The van der Waals surface area contributed by atoms with Crippen LogP contribution in [-0.2, 0) is 5.41 Å². The summed E-state index contributed by atoms with van der Waals surface area (Å²) in [5, 5.41) is 20.6. The second kappa shape index (κ2) is 12.5. The quantitative estimate of drug-likeness (QED) is 0.154. The zero-order valence-electron chi connectivity index (χ0n) is 36.0. The summed E-state index contributed by atoms with van der Waals surface area (Å²) in [6.07, 6.45) is 0. The Hall–Kier alpha value is -8.20. The molecule has 0 radical (unpaired) electrons. The molecule has 0 atom stereocenters. The second-order valence-corrected chi connectivity index (χ2v) is 18.8. The Morgan fingerprint density at radius 3 is 0.892 bits per heavy atom. The molecule has 0 amide bonds. The molecule has 14 aromatic rings. The first-order valence-electron chi connectivity index (χ1n) is 22.8. The van der Waals surface area contributed by atoms with Crippen LogP contribution in [0.5, 0.6) is 0 Å². The number of para-hydroxylation sites is 2. The fraction of sp³-hybridized carbons (Fsp3) is 0.0476. The number of fused-ring (bicyclic) bond motifs is 21. The predicted octanol–water partition coefficient (Wildman–Crippen LogP) is 17.1. The number of aromatic nitrogens is 2. The van der Waals surface area contributed by atoms with Crippen LogP contribution in [0.1, 0.15) is 25.0 Å². The maximum Gasteiger partial charge on any atom is 0.0544 e. The Balaban J connectivity index is 0.965. The number of hydrogen-bond donors (Lipinski definition) is 0. The van der Waals surface area contributed by atoms with Gasteiger partial charge in [0.15, 0.2) is 0 Å². The Labute approximate surface area is 374 Å². The van der Waals surface area contributed by atoms with E-state index >= 15 is 0 Å². The lowest BCUT2D eigenvalue weighted by Gasteiger charge is -2.22. The van der Waals surface area contributed by atoms with E-state index in [2.05, 4.69) is 229 Å². The molecule has 0 saturated heterocycles. The Morgan fingerprint density at radius 2 is 0.538 bits per heavy atom. The van der Waals surface area contributed by atoms with Gasteiger partial charge in [0.05, 0.1) is 22.1 Å². The number of nitrogens with zero attached hydrogens (tertiary/aromatic N) is 2. The van der Waals surface area contributed by atoms with Gasteiger partial charge in [-0.1, -0.05) is 159 Å². The number of benzene rings is 12. The van der Waals surface area contributed by atoms with Crippen LogP contribution < -0.4 is 0 Å². The monoisotopic (exact) mass is 824 g/mol. The second-order valence-electron chi connectivity index (χ2n) is 18.8. The van der Waals surface area contributed by atoms with E-state index < -0.39 is 0 Å². The first-order valence-corrected chi connectivity index (χ1v) is 22.8. The lowest BCUT2D eigenvalue weighted by Crippen LogP contribution is -2.15. The maximum atomic E-state index is 2.52. The summed E-state index contributed by atoms with van der Waals surface area (Å²) in [4.78, 5) is 0. The van der Waals surface area contributed by atoms with Crippen molar-refractivity contribution >= 4 is 108 Å². The van der Waals surface area contributed by atoms with Crippen LogP contribution in [0, 0.1) is 0 Å². The van der Waals surface area contributed by atoms with Crippen molar-refractivity contribution in [1.29, 1.82) is 0 Å². The first kappa shape index (κ1) is 35.3. The summed E-state index contributed by atoms with van der Waals surface area (Å²) in [6.45, 7) is 4.85. The van der Waals surface area contributed by atoms with Gasteiger partial charge in [0.2, 0.25) is 0 Å². The minimum absolute atomic E-state index is 0.243. The van der Waals surface area contributed by atoms with E-state index in [1.54, 1.807) is 0 Å². The number of rotatable bonds is 2. The molecule has 12 aromatic carbocycles. The third-order valence-electron chi connectivity index (χ3n) is 15.2. The summed E-state index contributed by atoms with van der Waals surface area (Å²) in [5.74, 6) is 0. The molecule has 2 nitrogen and oxygen atoms in total. The maximum absolute atomic E-state index is 2.52. The molecule has 15 rings (SSSR count). The van der Waals surface area contributed by atoms with E-state index in [-0.39, 0.29) is 5.41 Å². The van der Waals surface area contributed by atoms with E-state index in [0.717, 1.165) is 0 Å². The molecule has 2 aromatic heterocycles. The molecule has 302 valence electrons. The van der Waals surface area contributed by atoms with Gasteiger partial charge in [-0.05, 0) is 148 Å². The van der Waals surface area contributed by atoms with Crippen LogP contribution in [0.15, 0.2) is 206 Å². The predicted molar refractivity (Wildman–Crippen MR) is 278 cm³/mol. The molecule has 0 spiro atoms. The highest BCUT2D eigenvalue weighted by Crippen LogP contribution is 2.53. The van der Waals surface area contributed by atoms with Gasteiger partial charge in [-0.15, -0.1) is 0 Å². The minimum Gasteiger partial charge on any atom is -0.309 e. The SMILES string of the molecule is CC1(C)c2cc3c(cc2-c2cc4c5ccccc5n(-c5ccc6c7ccccc7c7ccccc7c6c5)c4cc21)c1ccccc1n3-c1ccc2c3ccccc3c3ccccc3c2c1. The Kier molecular flexibility index (Phi) is 6.78. The van der Waals surface area contributed by atoms with Gasteiger partial charge < -0.3 is 9.13 Å². The normalized spacial score (nSPS) is 13.5. The summed E-state index contributed by atoms with van der Waals surface area (Å²) in [5.41, 5.74) is 12.5. The van der Waals surface area contributed by atoms with Crippen molar-refractivity contribution in [2.24, 2.45) is 0 Å². The summed E-state index contributed by atoms with van der Waals surface area (Å²) in [6, 6.07) is 77.7. The van der Waals surface area contributed by atoms with Crippen molar-refractivity contribution in [3.05, 3.63) is 217 Å². The molecule has 0 fully saturated rings. The van der Waals surface area contributed by atoms with E-state index in [0.29, 0.717) is 0 Å². The third kappa shape index (κ3) is 4.58. The van der Waals surface area contributed by atoms with Gasteiger partial charge in [-0.25, -0.2) is 0 Å². The van der Waals surface area contributed by atoms with Crippen LogP contribution in [0.25, 0.3) is 131 Å². The van der Waals surface area contributed by atoms with Gasteiger partial charge in [-0.2, -0.15) is 0 Å². The fourth-order valence-corrected chi connectivity index (χ4v) is 12.3. The average Bonchev–Trinajstić information content (AvgIpc) is 3.94. The van der Waals surface area contributed by atoms with Crippen molar-refractivity contribution in [1.82, 2.24) is 9.13 Å². The molecule has 0 bridgehead atoms. The highest BCUT2D eigenvalue weighted by Gasteiger charge is 2.37. The van der Waals surface area contributed by atoms with Crippen molar-refractivity contribution in [3.63, 3.8) is 0 Å². The molecule has 2 heteroatoms. The number of hydrogen-bond acceptors (Lipinski definition) is 0. The van der Waals surface area contributed by atoms with E-state index in [1.807, 2.05) is 0 Å². The highest BCUT2D eigenvalue weighted by molar-refractivity contribution is 6.27. The van der Waals surface area contributed by atoms with Gasteiger partial charge in [0.1, 0.15) is 0 Å². The van der Waals surface area contributed by atoms with Gasteiger partial charge >= 0.3 is 0 Å². The highest BCUT2D eigenvalue weighted by atomic mass is 15.0. The van der Waals surface area contributed by atoms with E-state index in [1.165, 1.54) is 142 Å². The van der Waals surface area contributed by atoms with Crippen molar-refractivity contribution in [2.75, 3.05) is 0 Å². The van der Waals surface area contributed by atoms with Gasteiger partial charge in [-0.3, -0.25) is 0 Å². The van der Waals surface area contributed by atoms with Crippen molar-refractivity contribution in [3.8, 4) is 22.5 Å². The first-order chi connectivity index (χ1) is 32.0. The molecule has 65 heavy (non-hydrogen) atoms. The zero-order chi connectivity index (χ0) is 42.7. The molecule has 0 aliphatic heterocycles. The molecule has 2 heterocycles. The minimum atomic E-state index is -0.243. The standard InChI is InChI=1S/C63H40N2/c1-63(2)57-35-61-55(49-23-11-13-25-59(49)64(61)37-27-29-47-43-19-5-3-15-39(43)41-17-7-9-21-45(41)51(47)31-37)33-53(57)54-34-56-50-24-12-14-26-60(50)65(62(56)36-58(54)63)38-28-30-48-44-20-6-4-16-40(44)42-18-8-10-22-46(42)52(48)32-38/h3-36H,1-2H3. The lowest BCUT2D eigenvalue weighted by molar-refractivity contribution is 0.661. The molecule has 1 aliphatic rings. The topological polar surface area (TPSA) is 9.86 Å². The van der Waals surface area contributed by atoms with Crippen molar-refractivity contribution < 1.29 is 0 Å². The average molecular weight is 825 g/mol. The van der Waals surface area contributed by atoms with Crippen molar-refractivity contribution in [2.45, 2.75) is 19.3 Å². The van der Waals surface area contributed by atoms with Crippen LogP contribution in [-0.4, -0.2) is 9.13 Å². The lowest BCUT2D eigenvalue weighted by atomic mass is 9.82. The largest absolute Gasteiger partial charge is 0.309 e. The van der Waals surface area contributed by atoms with E-state index in [4.69, 9.17) is 0 Å². The Morgan fingerprint density at radius 1 is 0.246 bits per heavy atom. The molecule has 1 aliphatic carbocycles. The molecule has 0 unspecified atom stereocenters. The summed E-state index contributed by atoms with van der Waals surface area (Å²) in [7, 11) is 0. The summed E-state index contributed by atoms with van der Waals surface area (Å²) < 4.78 is 5.02. The zero-order valence-corrected chi connectivity index (χ0v) is 36.0. The van der Waals surface area contributed by atoms with Crippen LogP contribution in [0.4, 0.5) is 0 Å². The molecule has 0 saturated carbocycles. The molecular weight excluding hydrogens is 785 g/mol.